The van der Waals surface area contributed by atoms with Crippen molar-refractivity contribution in [3.05, 3.63) is 72.7 Å². The summed E-state index contributed by atoms with van der Waals surface area (Å²) in [6.07, 6.45) is 1.76. The number of thiophene rings is 1. The number of nitrogens with zero attached hydrogens (tertiary/aromatic N) is 4. The van der Waals surface area contributed by atoms with Gasteiger partial charge in [-0.1, -0.05) is 45.0 Å². The van der Waals surface area contributed by atoms with Gasteiger partial charge < -0.3 is 0 Å². The van der Waals surface area contributed by atoms with Crippen molar-refractivity contribution in [1.29, 1.82) is 0 Å². The van der Waals surface area contributed by atoms with E-state index in [-0.39, 0.29) is 5.41 Å². The molecule has 142 valence electrons. The first-order valence-corrected chi connectivity index (χ1v) is 10.4. The maximum atomic E-state index is 4.83. The van der Waals surface area contributed by atoms with Gasteiger partial charge in [-0.2, -0.15) is 0 Å². The van der Waals surface area contributed by atoms with Gasteiger partial charge in [0.15, 0.2) is 11.6 Å². The number of benzene rings is 2. The molecule has 0 amide bonds. The van der Waals surface area contributed by atoms with Crippen LogP contribution in [0.3, 0.4) is 0 Å². The number of rotatable bonds is 2. The third-order valence-electron chi connectivity index (χ3n) is 4.84. The van der Waals surface area contributed by atoms with Crippen LogP contribution in [-0.4, -0.2) is 19.9 Å². The van der Waals surface area contributed by atoms with Gasteiger partial charge in [-0.05, 0) is 36.4 Å². The van der Waals surface area contributed by atoms with E-state index in [0.717, 1.165) is 17.1 Å². The van der Waals surface area contributed by atoms with E-state index in [2.05, 4.69) is 68.2 Å². The molecule has 4 nitrogen and oxygen atoms in total. The molecule has 3 aromatic heterocycles. The van der Waals surface area contributed by atoms with Gasteiger partial charge in [-0.3, -0.25) is 4.98 Å². The number of aromatic nitrogens is 4. The highest BCUT2D eigenvalue weighted by Gasteiger charge is 2.21. The van der Waals surface area contributed by atoms with Gasteiger partial charge in [0.25, 0.3) is 0 Å². The molecular weight excluding hydrogens is 376 g/mol. The monoisotopic (exact) mass is 396 g/mol. The molecule has 2 aromatic carbocycles. The van der Waals surface area contributed by atoms with Crippen molar-refractivity contribution in [2.24, 2.45) is 0 Å². The standard InChI is InChI=1S/C24H20N4S/c1-24(2,3)23-27-21(26-22(28-23)18-9-6-7-13-25-18)15-11-12-20-17(14-15)16-8-4-5-10-19(16)29-20/h4-14H,1-3H3. The number of hydrogen-bond donors (Lipinski definition) is 0. The summed E-state index contributed by atoms with van der Waals surface area (Å²) in [5.41, 5.74) is 1.55. The van der Waals surface area contributed by atoms with Crippen LogP contribution >= 0.6 is 11.3 Å². The first kappa shape index (κ1) is 17.9. The Morgan fingerprint density at radius 2 is 1.48 bits per heavy atom. The fourth-order valence-electron chi connectivity index (χ4n) is 3.32. The summed E-state index contributed by atoms with van der Waals surface area (Å²) >= 11 is 1.81. The smallest absolute Gasteiger partial charge is 0.182 e. The molecule has 0 aliphatic rings. The normalized spacial score (nSPS) is 12.0. The summed E-state index contributed by atoms with van der Waals surface area (Å²) in [6, 6.07) is 20.7. The number of pyridine rings is 1. The molecule has 29 heavy (non-hydrogen) atoms. The van der Waals surface area contributed by atoms with Gasteiger partial charge in [-0.15, -0.1) is 11.3 Å². The van der Waals surface area contributed by atoms with Crippen molar-refractivity contribution in [1.82, 2.24) is 19.9 Å². The fourth-order valence-corrected chi connectivity index (χ4v) is 4.40. The van der Waals surface area contributed by atoms with E-state index in [1.54, 1.807) is 6.20 Å². The average Bonchev–Trinajstić information content (AvgIpc) is 3.11. The average molecular weight is 397 g/mol. The predicted octanol–water partition coefficient (Wildman–Crippen LogP) is 6.27. The van der Waals surface area contributed by atoms with Crippen LogP contribution in [0.4, 0.5) is 0 Å². The minimum atomic E-state index is -0.194. The summed E-state index contributed by atoms with van der Waals surface area (Å²) in [4.78, 5) is 18.8. The van der Waals surface area contributed by atoms with Crippen molar-refractivity contribution < 1.29 is 0 Å². The number of fused-ring (bicyclic) bond motifs is 3. The molecule has 0 unspecified atom stereocenters. The molecule has 0 aliphatic carbocycles. The molecule has 0 spiro atoms. The Morgan fingerprint density at radius 3 is 2.28 bits per heavy atom. The van der Waals surface area contributed by atoms with Gasteiger partial charge in [-0.25, -0.2) is 15.0 Å². The van der Waals surface area contributed by atoms with Crippen LogP contribution in [0.1, 0.15) is 26.6 Å². The molecule has 0 atom stereocenters. The molecule has 0 radical (unpaired) electrons. The lowest BCUT2D eigenvalue weighted by Crippen LogP contribution is -2.18. The van der Waals surface area contributed by atoms with Gasteiger partial charge >= 0.3 is 0 Å². The molecule has 0 N–H and O–H groups in total. The lowest BCUT2D eigenvalue weighted by Gasteiger charge is -2.18. The zero-order valence-electron chi connectivity index (χ0n) is 16.5. The Kier molecular flexibility index (Phi) is 4.14. The fraction of sp³-hybridized carbons (Fsp3) is 0.167. The largest absolute Gasteiger partial charge is 0.253 e. The Hall–Kier alpha value is -3.18. The second-order valence-electron chi connectivity index (χ2n) is 8.08. The van der Waals surface area contributed by atoms with Gasteiger partial charge in [0.2, 0.25) is 0 Å². The van der Waals surface area contributed by atoms with Crippen LogP contribution in [0, 0.1) is 0 Å². The second kappa shape index (κ2) is 6.71. The van der Waals surface area contributed by atoms with Crippen molar-refractivity contribution in [3.8, 4) is 22.9 Å². The van der Waals surface area contributed by atoms with Gasteiger partial charge in [0.05, 0.1) is 0 Å². The molecule has 0 aliphatic heterocycles. The summed E-state index contributed by atoms with van der Waals surface area (Å²) < 4.78 is 2.56. The summed E-state index contributed by atoms with van der Waals surface area (Å²) in [5, 5.41) is 2.50. The van der Waals surface area contributed by atoms with Crippen LogP contribution in [0.25, 0.3) is 43.1 Å². The van der Waals surface area contributed by atoms with E-state index in [1.165, 1.54) is 20.2 Å². The van der Waals surface area contributed by atoms with Gasteiger partial charge in [0.1, 0.15) is 11.5 Å². The maximum Gasteiger partial charge on any atom is 0.182 e. The lowest BCUT2D eigenvalue weighted by atomic mass is 9.95. The second-order valence-corrected chi connectivity index (χ2v) is 9.16. The van der Waals surface area contributed by atoms with Crippen molar-refractivity contribution in [2.45, 2.75) is 26.2 Å². The first-order chi connectivity index (χ1) is 14.0. The highest BCUT2D eigenvalue weighted by molar-refractivity contribution is 7.25. The first-order valence-electron chi connectivity index (χ1n) is 9.59. The molecule has 3 heterocycles. The maximum absolute atomic E-state index is 4.83. The van der Waals surface area contributed by atoms with Crippen LogP contribution in [0.5, 0.6) is 0 Å². The SMILES string of the molecule is CC(C)(C)c1nc(-c2ccc3sc4ccccc4c3c2)nc(-c2ccccn2)n1. The third-order valence-corrected chi connectivity index (χ3v) is 5.99. The molecule has 0 fully saturated rings. The third kappa shape index (κ3) is 3.28. The van der Waals surface area contributed by atoms with Crippen LogP contribution in [0.2, 0.25) is 0 Å². The Morgan fingerprint density at radius 1 is 0.724 bits per heavy atom. The summed E-state index contributed by atoms with van der Waals surface area (Å²) in [5.74, 6) is 2.05. The molecular formula is C24H20N4S. The van der Waals surface area contributed by atoms with Crippen molar-refractivity contribution in [2.75, 3.05) is 0 Å². The minimum absolute atomic E-state index is 0.194. The van der Waals surface area contributed by atoms with Crippen molar-refractivity contribution >= 4 is 31.5 Å². The van der Waals surface area contributed by atoms with Crippen molar-refractivity contribution in [3.63, 3.8) is 0 Å². The number of hydrogen-bond acceptors (Lipinski definition) is 5. The molecule has 0 bridgehead atoms. The predicted molar refractivity (Wildman–Crippen MR) is 120 cm³/mol. The Bertz CT molecular complexity index is 1330. The van der Waals surface area contributed by atoms with Crippen LogP contribution in [-0.2, 0) is 5.41 Å². The molecule has 5 rings (SSSR count). The van der Waals surface area contributed by atoms with E-state index in [9.17, 15) is 0 Å². The Balaban J connectivity index is 1.73. The minimum Gasteiger partial charge on any atom is -0.253 e. The highest BCUT2D eigenvalue weighted by Crippen LogP contribution is 2.36. The molecule has 0 saturated carbocycles. The zero-order valence-corrected chi connectivity index (χ0v) is 17.4. The lowest BCUT2D eigenvalue weighted by molar-refractivity contribution is 0.543. The van der Waals surface area contributed by atoms with E-state index >= 15 is 0 Å². The quantitative estimate of drug-likeness (QED) is 0.353. The summed E-state index contributed by atoms with van der Waals surface area (Å²) in [7, 11) is 0. The van der Waals surface area contributed by atoms with E-state index in [0.29, 0.717) is 11.6 Å². The topological polar surface area (TPSA) is 51.6 Å². The van der Waals surface area contributed by atoms with Gasteiger partial charge in [0, 0.05) is 37.3 Å². The van der Waals surface area contributed by atoms with E-state index < -0.39 is 0 Å². The van der Waals surface area contributed by atoms with Crippen LogP contribution < -0.4 is 0 Å². The van der Waals surface area contributed by atoms with Crippen LogP contribution in [0.15, 0.2) is 66.9 Å². The highest BCUT2D eigenvalue weighted by atomic mass is 32.1. The molecule has 0 saturated heterocycles. The molecule has 5 aromatic rings. The molecule has 5 heteroatoms. The van der Waals surface area contributed by atoms with E-state index in [1.807, 2.05) is 29.5 Å². The Labute approximate surface area is 173 Å². The zero-order chi connectivity index (χ0) is 20.0. The van der Waals surface area contributed by atoms with E-state index in [4.69, 9.17) is 15.0 Å². The summed E-state index contributed by atoms with van der Waals surface area (Å²) in [6.45, 7) is 6.34.